The summed E-state index contributed by atoms with van der Waals surface area (Å²) in [4.78, 5) is 21.0. The van der Waals surface area contributed by atoms with Crippen LogP contribution in [0.2, 0.25) is 0 Å². The van der Waals surface area contributed by atoms with Crippen molar-refractivity contribution < 1.29 is 14.3 Å². The van der Waals surface area contributed by atoms with E-state index < -0.39 is 0 Å². The lowest BCUT2D eigenvalue weighted by atomic mass is 10.2. The molecule has 0 saturated heterocycles. The van der Waals surface area contributed by atoms with Crippen molar-refractivity contribution in [2.24, 2.45) is 5.92 Å². The first-order valence-corrected chi connectivity index (χ1v) is 4.25. The second-order valence-corrected chi connectivity index (χ2v) is 2.92. The number of hydrogen-bond donors (Lipinski definition) is 0. The van der Waals surface area contributed by atoms with E-state index in [-0.39, 0.29) is 18.3 Å². The molecule has 12 heavy (non-hydrogen) atoms. The molecular formula is C9H16O3. The van der Waals surface area contributed by atoms with Gasteiger partial charge in [0.1, 0.15) is 12.9 Å². The monoisotopic (exact) mass is 172 g/mol. The summed E-state index contributed by atoms with van der Waals surface area (Å²) in [5, 5.41) is 0. The minimum atomic E-state index is -0.112. The third-order valence-corrected chi connectivity index (χ3v) is 1.40. The number of carbonyl (C=O) groups excluding carboxylic acids is 2. The Balaban J connectivity index is 3.30. The molecule has 3 heteroatoms. The molecule has 0 aliphatic rings. The highest BCUT2D eigenvalue weighted by atomic mass is 16.5. The highest BCUT2D eigenvalue weighted by Gasteiger charge is 2.02. The molecule has 0 aromatic carbocycles. The molecule has 0 aromatic rings. The van der Waals surface area contributed by atoms with Crippen LogP contribution in [-0.2, 0) is 14.3 Å². The smallest absolute Gasteiger partial charge is 0.158 e. The Morgan fingerprint density at radius 3 is 2.75 bits per heavy atom. The standard InChI is InChI=1S/C9H16O3/c1-3-4-9(11)7-12-6-8(2)5-10/h5,8H,3-4,6-7H2,1-2H3. The van der Waals surface area contributed by atoms with Crippen LogP contribution in [0, 0.1) is 5.92 Å². The van der Waals surface area contributed by atoms with E-state index in [0.29, 0.717) is 13.0 Å². The quantitative estimate of drug-likeness (QED) is 0.542. The molecule has 70 valence electrons. The molecule has 0 fully saturated rings. The zero-order chi connectivity index (χ0) is 9.40. The van der Waals surface area contributed by atoms with Crippen LogP contribution in [0.1, 0.15) is 26.7 Å². The van der Waals surface area contributed by atoms with Crippen LogP contribution < -0.4 is 0 Å². The third-order valence-electron chi connectivity index (χ3n) is 1.40. The number of hydrogen-bond acceptors (Lipinski definition) is 3. The van der Waals surface area contributed by atoms with E-state index in [1.165, 1.54) is 0 Å². The van der Waals surface area contributed by atoms with Crippen molar-refractivity contribution in [2.45, 2.75) is 26.7 Å². The van der Waals surface area contributed by atoms with Gasteiger partial charge in [-0.3, -0.25) is 4.79 Å². The van der Waals surface area contributed by atoms with E-state index in [0.717, 1.165) is 12.7 Å². The molecule has 0 amide bonds. The Hall–Kier alpha value is -0.700. The van der Waals surface area contributed by atoms with Crippen LogP contribution in [0.4, 0.5) is 0 Å². The first kappa shape index (κ1) is 11.3. The lowest BCUT2D eigenvalue weighted by Gasteiger charge is -2.04. The summed E-state index contributed by atoms with van der Waals surface area (Å²) in [5.41, 5.74) is 0. The van der Waals surface area contributed by atoms with E-state index in [1.54, 1.807) is 6.92 Å². The zero-order valence-corrected chi connectivity index (χ0v) is 7.71. The molecule has 3 nitrogen and oxygen atoms in total. The normalized spacial score (nSPS) is 12.5. The lowest BCUT2D eigenvalue weighted by Crippen LogP contribution is -2.13. The molecule has 0 aromatic heterocycles. The number of carbonyl (C=O) groups is 2. The van der Waals surface area contributed by atoms with Gasteiger partial charge in [-0.2, -0.15) is 0 Å². The highest BCUT2D eigenvalue weighted by Crippen LogP contribution is 1.93. The van der Waals surface area contributed by atoms with E-state index in [9.17, 15) is 9.59 Å². The maximum Gasteiger partial charge on any atom is 0.158 e. The lowest BCUT2D eigenvalue weighted by molar-refractivity contribution is -0.125. The number of ether oxygens (including phenoxy) is 1. The molecule has 1 atom stereocenters. The van der Waals surface area contributed by atoms with E-state index >= 15 is 0 Å². The fraction of sp³-hybridized carbons (Fsp3) is 0.778. The zero-order valence-electron chi connectivity index (χ0n) is 7.71. The van der Waals surface area contributed by atoms with Gasteiger partial charge in [-0.15, -0.1) is 0 Å². The minimum absolute atomic E-state index is 0.107. The maximum absolute atomic E-state index is 10.9. The summed E-state index contributed by atoms with van der Waals surface area (Å²) >= 11 is 0. The number of aldehydes is 1. The molecule has 0 heterocycles. The predicted octanol–water partition coefficient (Wildman–Crippen LogP) is 1.21. The largest absolute Gasteiger partial charge is 0.373 e. The number of rotatable bonds is 7. The highest BCUT2D eigenvalue weighted by molar-refractivity contribution is 5.79. The van der Waals surface area contributed by atoms with Gasteiger partial charge >= 0.3 is 0 Å². The first-order valence-electron chi connectivity index (χ1n) is 4.25. The van der Waals surface area contributed by atoms with Crippen molar-refractivity contribution in [1.82, 2.24) is 0 Å². The summed E-state index contributed by atoms with van der Waals surface area (Å²) in [5.74, 6) is -0.00461. The molecule has 0 aliphatic heterocycles. The topological polar surface area (TPSA) is 43.4 Å². The summed E-state index contributed by atoms with van der Waals surface area (Å²) in [6, 6.07) is 0. The molecule has 0 N–H and O–H groups in total. The van der Waals surface area contributed by atoms with Crippen molar-refractivity contribution in [3.8, 4) is 0 Å². The molecule has 0 spiro atoms. The SMILES string of the molecule is CCCC(=O)COCC(C)C=O. The maximum atomic E-state index is 10.9. The molecule has 0 radical (unpaired) electrons. The van der Waals surface area contributed by atoms with Gasteiger partial charge in [-0.05, 0) is 6.42 Å². The van der Waals surface area contributed by atoms with Crippen LogP contribution in [0.15, 0.2) is 0 Å². The summed E-state index contributed by atoms with van der Waals surface area (Å²) < 4.78 is 5.02. The Bertz CT molecular complexity index is 143. The summed E-state index contributed by atoms with van der Waals surface area (Å²) in [7, 11) is 0. The molecular weight excluding hydrogens is 156 g/mol. The summed E-state index contributed by atoms with van der Waals surface area (Å²) in [6.07, 6.45) is 2.24. The number of ketones is 1. The van der Waals surface area contributed by atoms with Crippen LogP contribution in [-0.4, -0.2) is 25.3 Å². The van der Waals surface area contributed by atoms with E-state index in [1.807, 2.05) is 6.92 Å². The predicted molar refractivity (Wildman–Crippen MR) is 46.0 cm³/mol. The Morgan fingerprint density at radius 2 is 2.25 bits per heavy atom. The Morgan fingerprint density at radius 1 is 1.58 bits per heavy atom. The fourth-order valence-corrected chi connectivity index (χ4v) is 0.749. The van der Waals surface area contributed by atoms with Crippen LogP contribution in [0.3, 0.4) is 0 Å². The van der Waals surface area contributed by atoms with E-state index in [4.69, 9.17) is 4.74 Å². The van der Waals surface area contributed by atoms with Gasteiger partial charge in [-0.1, -0.05) is 13.8 Å². The van der Waals surface area contributed by atoms with Crippen molar-refractivity contribution >= 4 is 12.1 Å². The Labute approximate surface area is 73.1 Å². The van der Waals surface area contributed by atoms with Gasteiger partial charge in [0.25, 0.3) is 0 Å². The molecule has 0 aliphatic carbocycles. The molecule has 0 bridgehead atoms. The van der Waals surface area contributed by atoms with Crippen LogP contribution >= 0.6 is 0 Å². The van der Waals surface area contributed by atoms with Crippen LogP contribution in [0.25, 0.3) is 0 Å². The first-order chi connectivity index (χ1) is 5.70. The molecule has 0 saturated carbocycles. The fourth-order valence-electron chi connectivity index (χ4n) is 0.749. The van der Waals surface area contributed by atoms with Gasteiger partial charge in [0.15, 0.2) is 5.78 Å². The van der Waals surface area contributed by atoms with Crippen molar-refractivity contribution in [3.05, 3.63) is 0 Å². The van der Waals surface area contributed by atoms with Crippen LogP contribution in [0.5, 0.6) is 0 Å². The minimum Gasteiger partial charge on any atom is -0.373 e. The second-order valence-electron chi connectivity index (χ2n) is 2.92. The van der Waals surface area contributed by atoms with Gasteiger partial charge in [0, 0.05) is 12.3 Å². The van der Waals surface area contributed by atoms with Gasteiger partial charge < -0.3 is 9.53 Å². The van der Waals surface area contributed by atoms with E-state index in [2.05, 4.69) is 0 Å². The molecule has 0 rings (SSSR count). The van der Waals surface area contributed by atoms with Gasteiger partial charge in [0.05, 0.1) is 6.61 Å². The number of Topliss-reactive ketones (excluding diaryl/α,β-unsaturated/α-hetero) is 1. The second kappa shape index (κ2) is 6.98. The Kier molecular flexibility index (Phi) is 6.57. The average Bonchev–Trinajstić information content (AvgIpc) is 2.04. The van der Waals surface area contributed by atoms with Crippen molar-refractivity contribution in [1.29, 1.82) is 0 Å². The third kappa shape index (κ3) is 6.04. The summed E-state index contributed by atoms with van der Waals surface area (Å²) in [6.45, 7) is 4.20. The van der Waals surface area contributed by atoms with Crippen molar-refractivity contribution in [3.63, 3.8) is 0 Å². The van der Waals surface area contributed by atoms with Gasteiger partial charge in [0.2, 0.25) is 0 Å². The van der Waals surface area contributed by atoms with Crippen molar-refractivity contribution in [2.75, 3.05) is 13.2 Å². The molecule has 1 unspecified atom stereocenters. The average molecular weight is 172 g/mol. The van der Waals surface area contributed by atoms with Gasteiger partial charge in [-0.25, -0.2) is 0 Å².